The molecule has 0 saturated carbocycles. The number of aliphatic carboxylic acids is 1. The van der Waals surface area contributed by atoms with Crippen LogP contribution in [0.1, 0.15) is 5.56 Å². The van der Waals surface area contributed by atoms with E-state index in [1.54, 1.807) is 18.2 Å². The Morgan fingerprint density at radius 2 is 2.13 bits per heavy atom. The average Bonchev–Trinajstić information content (AvgIpc) is 2.19. The van der Waals surface area contributed by atoms with Gasteiger partial charge in [0.1, 0.15) is 5.75 Å². The Kier molecular flexibility index (Phi) is 6.49. The number of nitrogens with two attached hydrogens (primary N) is 1. The normalized spacial score (nSPS) is 8.80. The highest BCUT2D eigenvalue weighted by molar-refractivity contribution is 6.30. The third kappa shape index (κ3) is 5.24. The van der Waals surface area contributed by atoms with E-state index in [0.717, 1.165) is 5.56 Å². The second kappa shape index (κ2) is 7.09. The number of hydrogen-bond donors (Lipinski definition) is 2. The summed E-state index contributed by atoms with van der Waals surface area (Å²) >= 11 is 5.71. The molecule has 84 valence electrons. The van der Waals surface area contributed by atoms with Crippen LogP contribution in [0, 0.1) is 6.92 Å². The molecule has 0 aliphatic rings. The minimum absolute atomic E-state index is 0.331. The monoisotopic (exact) mass is 231 g/mol. The van der Waals surface area contributed by atoms with Gasteiger partial charge in [-0.05, 0) is 37.7 Å². The van der Waals surface area contributed by atoms with Crippen molar-refractivity contribution >= 4 is 17.6 Å². The smallest absolute Gasteiger partial charge is 0.341 e. The highest BCUT2D eigenvalue weighted by Gasteiger charge is 2.02. The van der Waals surface area contributed by atoms with Gasteiger partial charge < -0.3 is 15.6 Å². The SMILES string of the molecule is CN.Cc1cc(Cl)ccc1OCC(=O)O. The number of carbonyl (C=O) groups is 1. The largest absolute Gasteiger partial charge is 0.482 e. The van der Waals surface area contributed by atoms with E-state index >= 15 is 0 Å². The quantitative estimate of drug-likeness (QED) is 0.830. The Morgan fingerprint density at radius 1 is 1.53 bits per heavy atom. The fourth-order valence-corrected chi connectivity index (χ4v) is 1.14. The van der Waals surface area contributed by atoms with Crippen molar-refractivity contribution in [3.63, 3.8) is 0 Å². The topological polar surface area (TPSA) is 72.5 Å². The van der Waals surface area contributed by atoms with Crippen LogP contribution < -0.4 is 10.5 Å². The summed E-state index contributed by atoms with van der Waals surface area (Å²) in [7, 11) is 1.50. The average molecular weight is 232 g/mol. The van der Waals surface area contributed by atoms with E-state index in [0.29, 0.717) is 10.8 Å². The molecule has 4 nitrogen and oxygen atoms in total. The van der Waals surface area contributed by atoms with Gasteiger partial charge >= 0.3 is 5.97 Å². The van der Waals surface area contributed by atoms with Crippen LogP contribution in [0.4, 0.5) is 0 Å². The van der Waals surface area contributed by atoms with Crippen molar-refractivity contribution in [2.75, 3.05) is 13.7 Å². The lowest BCUT2D eigenvalue weighted by molar-refractivity contribution is -0.139. The summed E-state index contributed by atoms with van der Waals surface area (Å²) in [5.74, 6) is -0.443. The van der Waals surface area contributed by atoms with E-state index in [-0.39, 0.29) is 6.61 Å². The van der Waals surface area contributed by atoms with E-state index in [2.05, 4.69) is 5.73 Å². The summed E-state index contributed by atoms with van der Waals surface area (Å²) in [6.07, 6.45) is 0. The molecule has 0 amide bonds. The molecule has 0 fully saturated rings. The van der Waals surface area contributed by atoms with Crippen LogP contribution in [0.15, 0.2) is 18.2 Å². The first kappa shape index (κ1) is 13.7. The molecule has 0 aliphatic heterocycles. The minimum atomic E-state index is -0.991. The fourth-order valence-electron chi connectivity index (χ4n) is 0.914. The van der Waals surface area contributed by atoms with Crippen LogP contribution in [0.2, 0.25) is 5.02 Å². The van der Waals surface area contributed by atoms with E-state index in [9.17, 15) is 4.79 Å². The van der Waals surface area contributed by atoms with Crippen LogP contribution in [-0.4, -0.2) is 24.7 Å². The van der Waals surface area contributed by atoms with Gasteiger partial charge in [0.15, 0.2) is 6.61 Å². The lowest BCUT2D eigenvalue weighted by atomic mass is 10.2. The molecule has 0 unspecified atom stereocenters. The summed E-state index contributed by atoms with van der Waals surface area (Å²) in [5.41, 5.74) is 5.33. The summed E-state index contributed by atoms with van der Waals surface area (Å²) in [5, 5.41) is 8.98. The maximum Gasteiger partial charge on any atom is 0.341 e. The second-order valence-electron chi connectivity index (χ2n) is 2.59. The molecule has 0 aliphatic carbocycles. The molecule has 0 atom stereocenters. The molecule has 3 N–H and O–H groups in total. The zero-order valence-electron chi connectivity index (χ0n) is 8.66. The Morgan fingerprint density at radius 3 is 2.60 bits per heavy atom. The van der Waals surface area contributed by atoms with Gasteiger partial charge in [0, 0.05) is 5.02 Å². The van der Waals surface area contributed by atoms with Crippen LogP contribution in [0.3, 0.4) is 0 Å². The lowest BCUT2D eigenvalue weighted by Gasteiger charge is -2.06. The first-order valence-corrected chi connectivity index (χ1v) is 4.66. The fraction of sp³-hybridized carbons (Fsp3) is 0.300. The maximum atomic E-state index is 10.2. The van der Waals surface area contributed by atoms with Crippen LogP contribution >= 0.6 is 11.6 Å². The zero-order chi connectivity index (χ0) is 11.8. The van der Waals surface area contributed by atoms with Gasteiger partial charge in [-0.2, -0.15) is 0 Å². The molecule has 1 aromatic rings. The molecular weight excluding hydrogens is 218 g/mol. The van der Waals surface area contributed by atoms with Crippen molar-refractivity contribution in [1.29, 1.82) is 0 Å². The molecule has 15 heavy (non-hydrogen) atoms. The van der Waals surface area contributed by atoms with Gasteiger partial charge in [-0.15, -0.1) is 0 Å². The molecule has 0 radical (unpaired) electrons. The van der Waals surface area contributed by atoms with Crippen molar-refractivity contribution in [1.82, 2.24) is 0 Å². The summed E-state index contributed by atoms with van der Waals surface area (Å²) in [4.78, 5) is 10.2. The lowest BCUT2D eigenvalue weighted by Crippen LogP contribution is -2.09. The maximum absolute atomic E-state index is 10.2. The van der Waals surface area contributed by atoms with Gasteiger partial charge in [-0.25, -0.2) is 4.79 Å². The van der Waals surface area contributed by atoms with Crippen LogP contribution in [0.5, 0.6) is 5.75 Å². The number of hydrogen-bond acceptors (Lipinski definition) is 3. The molecule has 0 heterocycles. The number of aryl methyl sites for hydroxylation is 1. The second-order valence-corrected chi connectivity index (χ2v) is 3.03. The molecule has 0 spiro atoms. The van der Waals surface area contributed by atoms with Crippen molar-refractivity contribution in [3.8, 4) is 5.75 Å². The first-order valence-electron chi connectivity index (χ1n) is 4.28. The Hall–Kier alpha value is -1.26. The van der Waals surface area contributed by atoms with Gasteiger partial charge in [0.05, 0.1) is 0 Å². The predicted molar refractivity (Wildman–Crippen MR) is 59.4 cm³/mol. The number of ether oxygens (including phenoxy) is 1. The molecule has 0 saturated heterocycles. The molecule has 1 aromatic carbocycles. The molecule has 5 heteroatoms. The molecular formula is C10H14ClNO3. The Bertz CT molecular complexity index is 328. The molecule has 0 bridgehead atoms. The number of rotatable bonds is 3. The van der Waals surface area contributed by atoms with Crippen molar-refractivity contribution in [2.24, 2.45) is 5.73 Å². The number of halogens is 1. The number of carboxylic acids is 1. The van der Waals surface area contributed by atoms with E-state index in [4.69, 9.17) is 21.4 Å². The van der Waals surface area contributed by atoms with Gasteiger partial charge in [0.25, 0.3) is 0 Å². The van der Waals surface area contributed by atoms with Gasteiger partial charge in [0.2, 0.25) is 0 Å². The van der Waals surface area contributed by atoms with Crippen molar-refractivity contribution in [2.45, 2.75) is 6.92 Å². The number of carboxylic acid groups (broad SMARTS) is 1. The van der Waals surface area contributed by atoms with E-state index in [1.165, 1.54) is 7.05 Å². The third-order valence-corrected chi connectivity index (χ3v) is 1.72. The summed E-state index contributed by atoms with van der Waals surface area (Å²) in [6, 6.07) is 5.03. The standard InChI is InChI=1S/C9H9ClO3.CH5N/c1-6-4-7(10)2-3-8(6)13-5-9(11)12;1-2/h2-4H,5H2,1H3,(H,11,12);2H2,1H3. The Labute approximate surface area is 93.6 Å². The van der Waals surface area contributed by atoms with Gasteiger partial charge in [-0.3, -0.25) is 0 Å². The van der Waals surface area contributed by atoms with E-state index in [1.807, 2.05) is 6.92 Å². The van der Waals surface area contributed by atoms with Crippen LogP contribution in [0.25, 0.3) is 0 Å². The number of benzene rings is 1. The summed E-state index contributed by atoms with van der Waals surface area (Å²) < 4.78 is 5.00. The summed E-state index contributed by atoms with van der Waals surface area (Å²) in [6.45, 7) is 1.48. The van der Waals surface area contributed by atoms with E-state index < -0.39 is 5.97 Å². The van der Waals surface area contributed by atoms with Crippen molar-refractivity contribution in [3.05, 3.63) is 28.8 Å². The predicted octanol–water partition coefficient (Wildman–Crippen LogP) is 1.69. The van der Waals surface area contributed by atoms with Crippen molar-refractivity contribution < 1.29 is 14.6 Å². The third-order valence-electron chi connectivity index (χ3n) is 1.49. The minimum Gasteiger partial charge on any atom is -0.482 e. The highest BCUT2D eigenvalue weighted by Crippen LogP contribution is 2.21. The zero-order valence-corrected chi connectivity index (χ0v) is 9.41. The molecule has 1 rings (SSSR count). The van der Waals surface area contributed by atoms with Crippen LogP contribution in [-0.2, 0) is 4.79 Å². The Balaban J connectivity index is 0.000000921. The highest BCUT2D eigenvalue weighted by atomic mass is 35.5. The first-order chi connectivity index (χ1) is 7.09. The molecule has 0 aromatic heterocycles. The van der Waals surface area contributed by atoms with Gasteiger partial charge in [-0.1, -0.05) is 11.6 Å².